The van der Waals surface area contributed by atoms with Crippen molar-refractivity contribution < 1.29 is 34.5 Å². The Kier molecular flexibility index (Phi) is 9.84. The van der Waals surface area contributed by atoms with Gasteiger partial charge in [-0.3, -0.25) is 9.78 Å². The fraction of sp³-hybridized carbons (Fsp3) is 0.381. The number of aliphatic carboxylic acids is 1. The van der Waals surface area contributed by atoms with Gasteiger partial charge in [0.2, 0.25) is 0 Å². The molecule has 0 saturated carbocycles. The maximum Gasteiger partial charge on any atom is 0.303 e. The SMILES string of the molecule is CC(Oc1cc2onc(CCC(=O)O)c2cc1Cl)c1ccc(Cl)cn1.NC(CO)(CO)CO. The molecule has 0 saturated heterocycles. The number of aryl methyl sites for hydroxylation is 1. The predicted molar refractivity (Wildman–Crippen MR) is 121 cm³/mol. The zero-order valence-corrected chi connectivity index (χ0v) is 19.3. The number of nitrogens with two attached hydrogens (primary N) is 1. The number of carboxylic acids is 1. The average molecular weight is 502 g/mol. The van der Waals surface area contributed by atoms with Gasteiger partial charge in [-0.15, -0.1) is 0 Å². The molecule has 2 heterocycles. The molecule has 3 rings (SSSR count). The zero-order valence-electron chi connectivity index (χ0n) is 17.7. The number of halogens is 2. The van der Waals surface area contributed by atoms with E-state index in [1.54, 1.807) is 30.5 Å². The molecule has 0 amide bonds. The van der Waals surface area contributed by atoms with Gasteiger partial charge in [-0.25, -0.2) is 0 Å². The van der Waals surface area contributed by atoms with Crippen LogP contribution in [-0.4, -0.2) is 61.9 Å². The van der Waals surface area contributed by atoms with E-state index < -0.39 is 31.3 Å². The van der Waals surface area contributed by atoms with Crippen LogP contribution in [0.5, 0.6) is 5.75 Å². The molecule has 1 unspecified atom stereocenters. The van der Waals surface area contributed by atoms with Crippen molar-refractivity contribution in [1.82, 2.24) is 10.1 Å². The highest BCUT2D eigenvalue weighted by Gasteiger charge is 2.21. The Morgan fingerprint density at radius 2 is 1.88 bits per heavy atom. The zero-order chi connectivity index (χ0) is 24.6. The summed E-state index contributed by atoms with van der Waals surface area (Å²) < 4.78 is 11.1. The quantitative estimate of drug-likeness (QED) is 0.292. The molecule has 0 spiro atoms. The van der Waals surface area contributed by atoms with E-state index >= 15 is 0 Å². The summed E-state index contributed by atoms with van der Waals surface area (Å²) in [5.74, 6) is -0.467. The molecule has 12 heteroatoms. The van der Waals surface area contributed by atoms with E-state index in [1.165, 1.54) is 0 Å². The van der Waals surface area contributed by atoms with Crippen LogP contribution in [0.2, 0.25) is 10.0 Å². The molecule has 1 aromatic carbocycles. The first-order chi connectivity index (χ1) is 15.6. The lowest BCUT2D eigenvalue weighted by atomic mass is 10.1. The normalized spacial score (nSPS) is 12.2. The minimum Gasteiger partial charge on any atom is -0.483 e. The minimum atomic E-state index is -1.21. The van der Waals surface area contributed by atoms with Gasteiger partial charge in [0.15, 0.2) is 5.58 Å². The Morgan fingerprint density at radius 1 is 1.21 bits per heavy atom. The predicted octanol–water partition coefficient (Wildman–Crippen LogP) is 2.35. The highest BCUT2D eigenvalue weighted by molar-refractivity contribution is 6.32. The first-order valence-corrected chi connectivity index (χ1v) is 10.6. The highest BCUT2D eigenvalue weighted by Crippen LogP contribution is 2.34. The van der Waals surface area contributed by atoms with Crippen LogP contribution in [-0.2, 0) is 11.2 Å². The Balaban J connectivity index is 0.000000414. The number of pyridine rings is 1. The maximum atomic E-state index is 10.7. The van der Waals surface area contributed by atoms with E-state index in [9.17, 15) is 4.79 Å². The third-order valence-corrected chi connectivity index (χ3v) is 5.11. The van der Waals surface area contributed by atoms with Crippen LogP contribution in [0.4, 0.5) is 0 Å². The smallest absolute Gasteiger partial charge is 0.303 e. The first kappa shape index (κ1) is 26.8. The lowest BCUT2D eigenvalue weighted by Gasteiger charge is -2.20. The molecule has 33 heavy (non-hydrogen) atoms. The number of ether oxygens (including phenoxy) is 1. The molecule has 3 aromatic rings. The number of benzene rings is 1. The number of aromatic nitrogens is 2. The molecule has 0 bridgehead atoms. The van der Waals surface area contributed by atoms with Crippen LogP contribution in [0.1, 0.15) is 30.8 Å². The maximum absolute atomic E-state index is 10.7. The molecule has 1 atom stereocenters. The summed E-state index contributed by atoms with van der Waals surface area (Å²) in [5.41, 5.74) is 5.68. The van der Waals surface area contributed by atoms with Gasteiger partial charge in [-0.1, -0.05) is 28.4 Å². The van der Waals surface area contributed by atoms with Crippen LogP contribution in [0.3, 0.4) is 0 Å². The van der Waals surface area contributed by atoms with Gasteiger partial charge in [0.1, 0.15) is 11.9 Å². The van der Waals surface area contributed by atoms with Crippen molar-refractivity contribution in [3.05, 3.63) is 51.9 Å². The topological polar surface area (TPSA) is 172 Å². The van der Waals surface area contributed by atoms with Gasteiger partial charge in [0, 0.05) is 24.1 Å². The van der Waals surface area contributed by atoms with Gasteiger partial charge < -0.3 is 35.4 Å². The largest absolute Gasteiger partial charge is 0.483 e. The molecular weight excluding hydrogens is 477 g/mol. The molecule has 0 aliphatic rings. The summed E-state index contributed by atoms with van der Waals surface area (Å²) in [6.45, 7) is 0.634. The van der Waals surface area contributed by atoms with Crippen LogP contribution in [0, 0.1) is 0 Å². The van der Waals surface area contributed by atoms with Crippen LogP contribution < -0.4 is 10.5 Å². The second kappa shape index (κ2) is 12.1. The van der Waals surface area contributed by atoms with E-state index in [0.29, 0.717) is 38.2 Å². The third kappa shape index (κ3) is 7.53. The average Bonchev–Trinajstić information content (AvgIpc) is 3.19. The molecule has 10 nitrogen and oxygen atoms in total. The lowest BCUT2D eigenvalue weighted by Crippen LogP contribution is -2.50. The Hall–Kier alpha value is -2.47. The fourth-order valence-corrected chi connectivity index (χ4v) is 2.83. The molecule has 180 valence electrons. The minimum absolute atomic E-state index is 0.0310. The molecule has 2 aromatic heterocycles. The summed E-state index contributed by atoms with van der Waals surface area (Å²) in [7, 11) is 0. The van der Waals surface area contributed by atoms with Gasteiger partial charge in [0.05, 0.1) is 53.2 Å². The number of aliphatic hydroxyl groups is 3. The van der Waals surface area contributed by atoms with Crippen molar-refractivity contribution in [1.29, 1.82) is 0 Å². The number of hydrogen-bond acceptors (Lipinski definition) is 9. The highest BCUT2D eigenvalue weighted by atomic mass is 35.5. The number of hydrogen-bond donors (Lipinski definition) is 5. The Labute approximate surface area is 199 Å². The van der Waals surface area contributed by atoms with Crippen molar-refractivity contribution in [2.75, 3.05) is 19.8 Å². The number of carboxylic acid groups (broad SMARTS) is 1. The molecule has 0 radical (unpaired) electrons. The third-order valence-electron chi connectivity index (χ3n) is 4.59. The number of aliphatic hydroxyl groups excluding tert-OH is 3. The van der Waals surface area contributed by atoms with Crippen molar-refractivity contribution in [2.24, 2.45) is 5.73 Å². The van der Waals surface area contributed by atoms with Gasteiger partial charge in [-0.2, -0.15) is 0 Å². The van der Waals surface area contributed by atoms with E-state index in [1.807, 2.05) is 6.92 Å². The fourth-order valence-electron chi connectivity index (χ4n) is 2.51. The number of rotatable bonds is 9. The first-order valence-electron chi connectivity index (χ1n) is 9.81. The van der Waals surface area contributed by atoms with Crippen molar-refractivity contribution in [3.8, 4) is 5.75 Å². The molecule has 0 fully saturated rings. The second-order valence-electron chi connectivity index (χ2n) is 7.30. The summed E-state index contributed by atoms with van der Waals surface area (Å²) in [6, 6.07) is 6.82. The summed E-state index contributed by atoms with van der Waals surface area (Å²) in [5, 5.41) is 39.3. The van der Waals surface area contributed by atoms with E-state index in [-0.39, 0.29) is 18.9 Å². The van der Waals surface area contributed by atoms with E-state index in [0.717, 1.165) is 0 Å². The second-order valence-corrected chi connectivity index (χ2v) is 8.14. The molecule has 6 N–H and O–H groups in total. The number of fused-ring (bicyclic) bond motifs is 1. The van der Waals surface area contributed by atoms with E-state index in [2.05, 4.69) is 10.1 Å². The summed E-state index contributed by atoms with van der Waals surface area (Å²) >= 11 is 12.1. The van der Waals surface area contributed by atoms with Gasteiger partial charge >= 0.3 is 5.97 Å². The number of carbonyl (C=O) groups is 1. The van der Waals surface area contributed by atoms with Crippen LogP contribution in [0.25, 0.3) is 11.0 Å². The number of nitrogens with zero attached hydrogens (tertiary/aromatic N) is 2. The summed E-state index contributed by atoms with van der Waals surface area (Å²) in [4.78, 5) is 14.9. The standard InChI is InChI=1S/C17H14Cl2N2O4.C4H11NO3/c1-9(13-3-2-10(18)8-20-13)24-16-7-15-11(6-12(16)19)14(21-25-15)4-5-17(22)23;5-4(1-6,2-7)3-8/h2-3,6-9H,4-5H2,1H3,(H,22,23);6-8H,1-3,5H2. The van der Waals surface area contributed by atoms with Crippen molar-refractivity contribution >= 4 is 40.1 Å². The molecule has 0 aliphatic heterocycles. The van der Waals surface area contributed by atoms with Crippen molar-refractivity contribution in [2.45, 2.75) is 31.4 Å². The van der Waals surface area contributed by atoms with Crippen molar-refractivity contribution in [3.63, 3.8) is 0 Å². The summed E-state index contributed by atoms with van der Waals surface area (Å²) in [6.07, 6.45) is 1.44. The Bertz CT molecular complexity index is 1050. The van der Waals surface area contributed by atoms with E-state index in [4.69, 9.17) is 58.6 Å². The lowest BCUT2D eigenvalue weighted by molar-refractivity contribution is -0.136. The van der Waals surface area contributed by atoms with Crippen LogP contribution in [0.15, 0.2) is 35.0 Å². The molecular formula is C21H25Cl2N3O7. The Morgan fingerprint density at radius 3 is 2.39 bits per heavy atom. The van der Waals surface area contributed by atoms with Gasteiger partial charge in [0.25, 0.3) is 0 Å². The molecule has 0 aliphatic carbocycles. The van der Waals surface area contributed by atoms with Crippen LogP contribution >= 0.6 is 23.2 Å². The monoisotopic (exact) mass is 501 g/mol. The van der Waals surface area contributed by atoms with Gasteiger partial charge in [-0.05, 0) is 25.1 Å².